The molecule has 0 amide bonds. The lowest BCUT2D eigenvalue weighted by Crippen LogP contribution is -1.94. The molecule has 0 bridgehead atoms. The van der Waals surface area contributed by atoms with E-state index in [1.54, 1.807) is 18.2 Å². The van der Waals surface area contributed by atoms with Crippen molar-refractivity contribution < 1.29 is 4.79 Å². The van der Waals surface area contributed by atoms with Crippen LogP contribution in [0.1, 0.15) is 15.9 Å². The van der Waals surface area contributed by atoms with E-state index in [0.717, 1.165) is 0 Å². The van der Waals surface area contributed by atoms with Crippen molar-refractivity contribution in [3.63, 3.8) is 0 Å². The molecule has 0 aliphatic heterocycles. The van der Waals surface area contributed by atoms with Gasteiger partial charge in [-0.15, -0.1) is 0 Å². The first kappa shape index (κ1) is 8.37. The van der Waals surface area contributed by atoms with Crippen molar-refractivity contribution >= 4 is 34.4 Å². The van der Waals surface area contributed by atoms with Crippen molar-refractivity contribution in [1.82, 2.24) is 0 Å². The predicted octanol–water partition coefficient (Wildman–Crippen LogP) is 2.41. The highest BCUT2D eigenvalue weighted by Gasteiger charge is 2.04. The van der Waals surface area contributed by atoms with Crippen LogP contribution < -0.4 is 0 Å². The summed E-state index contributed by atoms with van der Waals surface area (Å²) in [6.07, 6.45) is 0. The van der Waals surface area contributed by atoms with Gasteiger partial charge in [-0.3, -0.25) is 4.79 Å². The van der Waals surface area contributed by atoms with E-state index in [1.807, 2.05) is 6.07 Å². The molecular formula is C8H5ClOS. The van der Waals surface area contributed by atoms with Crippen molar-refractivity contribution in [2.45, 2.75) is 0 Å². The molecule has 0 atom stereocenters. The largest absolute Gasteiger partial charge is 0.276 e. The zero-order chi connectivity index (χ0) is 8.27. The Labute approximate surface area is 75.0 Å². The lowest BCUT2D eigenvalue weighted by atomic mass is 10.1. The van der Waals surface area contributed by atoms with Crippen LogP contribution >= 0.6 is 23.8 Å². The number of carbonyl (C=O) groups excluding carboxylic acids is 1. The maximum Gasteiger partial charge on any atom is 0.253 e. The standard InChI is InChI=1S/C8H5ClOS/c9-8(10)7-4-2-1-3-6(7)5-11/h1-5H. The molecule has 0 heterocycles. The number of halogens is 1. The summed E-state index contributed by atoms with van der Waals surface area (Å²) in [4.78, 5) is 10.7. The quantitative estimate of drug-likeness (QED) is 0.519. The summed E-state index contributed by atoms with van der Waals surface area (Å²) in [6.45, 7) is 0. The molecule has 0 aliphatic rings. The third-order valence-corrected chi connectivity index (χ3v) is 1.76. The molecule has 1 nitrogen and oxygen atoms in total. The molecule has 0 radical (unpaired) electrons. The van der Waals surface area contributed by atoms with Crippen molar-refractivity contribution in [3.05, 3.63) is 35.4 Å². The molecule has 1 aromatic rings. The van der Waals surface area contributed by atoms with Crippen molar-refractivity contribution in [1.29, 1.82) is 0 Å². The number of hydrogen-bond acceptors (Lipinski definition) is 2. The summed E-state index contributed by atoms with van der Waals surface area (Å²) in [5.74, 6) is 0. The van der Waals surface area contributed by atoms with Crippen LogP contribution in [0.4, 0.5) is 0 Å². The number of benzene rings is 1. The molecule has 0 saturated carbocycles. The van der Waals surface area contributed by atoms with Crippen LogP contribution in [-0.2, 0) is 0 Å². The molecule has 56 valence electrons. The molecule has 0 aromatic heterocycles. The Bertz CT molecular complexity index is 296. The van der Waals surface area contributed by atoms with Gasteiger partial charge in [0.25, 0.3) is 5.24 Å². The minimum atomic E-state index is -0.471. The Balaban J connectivity index is 3.22. The van der Waals surface area contributed by atoms with Crippen LogP contribution in [0, 0.1) is 0 Å². The third-order valence-electron chi connectivity index (χ3n) is 1.30. The molecule has 11 heavy (non-hydrogen) atoms. The van der Waals surface area contributed by atoms with Gasteiger partial charge in [-0.1, -0.05) is 30.4 Å². The van der Waals surface area contributed by atoms with Gasteiger partial charge in [0.05, 0.1) is 0 Å². The first-order valence-electron chi connectivity index (χ1n) is 2.99. The van der Waals surface area contributed by atoms with Crippen LogP contribution in [0.5, 0.6) is 0 Å². The SMILES string of the molecule is O=C(Cl)c1ccccc1C=S. The number of hydrogen-bond donors (Lipinski definition) is 0. The van der Waals surface area contributed by atoms with Crippen molar-refractivity contribution in [3.8, 4) is 0 Å². The van der Waals surface area contributed by atoms with Gasteiger partial charge < -0.3 is 0 Å². The lowest BCUT2D eigenvalue weighted by Gasteiger charge is -1.96. The molecule has 1 rings (SSSR count). The average molecular weight is 185 g/mol. The Kier molecular flexibility index (Phi) is 2.74. The summed E-state index contributed by atoms with van der Waals surface area (Å²) in [6, 6.07) is 6.95. The second-order valence-electron chi connectivity index (χ2n) is 1.98. The number of rotatable bonds is 2. The highest BCUT2D eigenvalue weighted by atomic mass is 35.5. The van der Waals surface area contributed by atoms with E-state index in [4.69, 9.17) is 11.6 Å². The summed E-state index contributed by atoms with van der Waals surface area (Å²) >= 11 is 9.97. The van der Waals surface area contributed by atoms with E-state index in [9.17, 15) is 4.79 Å². The normalized spacial score (nSPS) is 9.18. The minimum Gasteiger partial charge on any atom is -0.276 e. The topological polar surface area (TPSA) is 17.1 Å². The smallest absolute Gasteiger partial charge is 0.253 e. The first-order valence-corrected chi connectivity index (χ1v) is 3.84. The van der Waals surface area contributed by atoms with Crippen LogP contribution in [0.3, 0.4) is 0 Å². The predicted molar refractivity (Wildman–Crippen MR) is 49.4 cm³/mol. The Morgan fingerprint density at radius 3 is 2.55 bits per heavy atom. The molecule has 0 fully saturated rings. The highest BCUT2D eigenvalue weighted by molar-refractivity contribution is 7.79. The fourth-order valence-electron chi connectivity index (χ4n) is 0.779. The molecule has 0 spiro atoms. The summed E-state index contributed by atoms with van der Waals surface area (Å²) in [7, 11) is 0. The Hall–Kier alpha value is -0.730. The van der Waals surface area contributed by atoms with Gasteiger partial charge in [-0.25, -0.2) is 0 Å². The monoisotopic (exact) mass is 184 g/mol. The highest BCUT2D eigenvalue weighted by Crippen LogP contribution is 2.08. The maximum absolute atomic E-state index is 10.7. The van der Waals surface area contributed by atoms with Crippen LogP contribution in [0.25, 0.3) is 0 Å². The lowest BCUT2D eigenvalue weighted by molar-refractivity contribution is 0.108. The van der Waals surface area contributed by atoms with E-state index < -0.39 is 5.24 Å². The van der Waals surface area contributed by atoms with Gasteiger partial charge in [0.15, 0.2) is 0 Å². The van der Waals surface area contributed by atoms with Crippen molar-refractivity contribution in [2.24, 2.45) is 0 Å². The fourth-order valence-corrected chi connectivity index (χ4v) is 1.16. The summed E-state index contributed by atoms with van der Waals surface area (Å²) in [5, 5.41) is 0.969. The number of thiocarbonyl (C=S) groups is 1. The molecule has 3 heteroatoms. The van der Waals surface area contributed by atoms with Gasteiger partial charge in [-0.05, 0) is 23.2 Å². The summed E-state index contributed by atoms with van der Waals surface area (Å²) in [5.41, 5.74) is 1.16. The molecule has 0 unspecified atom stereocenters. The van der Waals surface area contributed by atoms with E-state index >= 15 is 0 Å². The maximum atomic E-state index is 10.7. The second kappa shape index (κ2) is 3.60. The fraction of sp³-hybridized carbons (Fsp3) is 0. The van der Waals surface area contributed by atoms with E-state index in [2.05, 4.69) is 12.2 Å². The zero-order valence-corrected chi connectivity index (χ0v) is 7.15. The van der Waals surface area contributed by atoms with Crippen LogP contribution in [-0.4, -0.2) is 10.6 Å². The van der Waals surface area contributed by atoms with Gasteiger partial charge in [0.1, 0.15) is 0 Å². The molecular weight excluding hydrogens is 180 g/mol. The van der Waals surface area contributed by atoms with Gasteiger partial charge in [-0.2, -0.15) is 0 Å². The third kappa shape index (κ3) is 1.85. The Morgan fingerprint density at radius 2 is 2.09 bits per heavy atom. The van der Waals surface area contributed by atoms with E-state index in [-0.39, 0.29) is 0 Å². The summed E-state index contributed by atoms with van der Waals surface area (Å²) < 4.78 is 0. The first-order chi connectivity index (χ1) is 5.25. The minimum absolute atomic E-state index is 0.462. The molecule has 0 aliphatic carbocycles. The van der Waals surface area contributed by atoms with Crippen molar-refractivity contribution in [2.75, 3.05) is 0 Å². The average Bonchev–Trinajstić information content (AvgIpc) is 2.04. The van der Waals surface area contributed by atoms with Gasteiger partial charge in [0.2, 0.25) is 0 Å². The van der Waals surface area contributed by atoms with Crippen LogP contribution in [0.2, 0.25) is 0 Å². The molecule has 1 aromatic carbocycles. The van der Waals surface area contributed by atoms with Crippen LogP contribution in [0.15, 0.2) is 24.3 Å². The molecule has 0 saturated heterocycles. The number of carbonyl (C=O) groups is 1. The van der Waals surface area contributed by atoms with E-state index in [0.29, 0.717) is 11.1 Å². The zero-order valence-electron chi connectivity index (χ0n) is 5.58. The van der Waals surface area contributed by atoms with Gasteiger partial charge >= 0.3 is 0 Å². The second-order valence-corrected chi connectivity index (χ2v) is 2.56. The van der Waals surface area contributed by atoms with E-state index in [1.165, 1.54) is 5.37 Å². The molecule has 0 N–H and O–H groups in total. The Morgan fingerprint density at radius 1 is 1.45 bits per heavy atom. The van der Waals surface area contributed by atoms with Gasteiger partial charge in [0, 0.05) is 10.9 Å².